The van der Waals surface area contributed by atoms with E-state index in [1.807, 2.05) is 0 Å². The molecule has 1 amide bonds. The van der Waals surface area contributed by atoms with E-state index in [9.17, 15) is 22.0 Å². The predicted molar refractivity (Wildman–Crippen MR) is 113 cm³/mol. The third kappa shape index (κ3) is 6.79. The molecule has 0 saturated carbocycles. The Morgan fingerprint density at radius 3 is 2.19 bits per heavy atom. The minimum absolute atomic E-state index is 0.0132. The number of nitrogens with one attached hydrogen (secondary N) is 2. The molecule has 0 radical (unpaired) electrons. The Labute approximate surface area is 185 Å². The first-order valence-electron chi connectivity index (χ1n) is 9.63. The molecule has 2 N–H and O–H groups in total. The normalized spacial score (nSPS) is 12.5. The second kappa shape index (κ2) is 11.1. The molecule has 2 aromatic carbocycles. The van der Waals surface area contributed by atoms with Gasteiger partial charge in [0, 0.05) is 6.54 Å². The summed E-state index contributed by atoms with van der Waals surface area (Å²) in [6.07, 6.45) is 0. The molecule has 0 unspecified atom stereocenters. The molecule has 0 aromatic heterocycles. The average molecular weight is 473 g/mol. The van der Waals surface area contributed by atoms with E-state index in [-0.39, 0.29) is 28.9 Å². The summed E-state index contributed by atoms with van der Waals surface area (Å²) in [5.74, 6) is -0.486. The van der Waals surface area contributed by atoms with Crippen molar-refractivity contribution in [3.05, 3.63) is 48.0 Å². The number of benzene rings is 2. The number of amides is 1. The van der Waals surface area contributed by atoms with Gasteiger partial charge in [0.25, 0.3) is 0 Å². The van der Waals surface area contributed by atoms with Gasteiger partial charge < -0.3 is 19.5 Å². The van der Waals surface area contributed by atoms with Crippen LogP contribution in [0.5, 0.6) is 17.2 Å². The van der Waals surface area contributed by atoms with E-state index in [4.69, 9.17) is 9.47 Å². The minimum atomic E-state index is -3.97. The van der Waals surface area contributed by atoms with Crippen molar-refractivity contribution in [2.45, 2.75) is 37.9 Å². The highest BCUT2D eigenvalue weighted by Crippen LogP contribution is 2.29. The van der Waals surface area contributed by atoms with E-state index in [0.717, 1.165) is 0 Å². The Morgan fingerprint density at radius 1 is 1.00 bits per heavy atom. The fourth-order valence-electron chi connectivity index (χ4n) is 2.80. The fraction of sp³-hybridized carbons (Fsp3) is 0.381. The maximum Gasteiger partial charge on any atom is 0.387 e. The Bertz CT molecular complexity index is 1010. The van der Waals surface area contributed by atoms with Crippen molar-refractivity contribution >= 4 is 15.9 Å². The zero-order valence-electron chi connectivity index (χ0n) is 18.1. The molecule has 0 heterocycles. The second-order valence-electron chi connectivity index (χ2n) is 7.10. The molecular formula is C21H26F2N2O6S. The highest BCUT2D eigenvalue weighted by Gasteiger charge is 2.28. The van der Waals surface area contributed by atoms with E-state index >= 15 is 0 Å². The molecule has 0 spiro atoms. The van der Waals surface area contributed by atoms with Crippen LogP contribution < -0.4 is 24.2 Å². The van der Waals surface area contributed by atoms with Crippen molar-refractivity contribution in [2.24, 2.45) is 5.92 Å². The van der Waals surface area contributed by atoms with Gasteiger partial charge in [-0.05, 0) is 47.9 Å². The number of halogens is 2. The lowest BCUT2D eigenvalue weighted by molar-refractivity contribution is -0.123. The predicted octanol–water partition coefficient (Wildman–Crippen LogP) is 2.92. The number of rotatable bonds is 11. The Kier molecular flexibility index (Phi) is 8.79. The van der Waals surface area contributed by atoms with Crippen LogP contribution in [0.25, 0.3) is 0 Å². The minimum Gasteiger partial charge on any atom is -0.497 e. The smallest absolute Gasteiger partial charge is 0.387 e. The number of ether oxygens (including phenoxy) is 3. The van der Waals surface area contributed by atoms with Crippen LogP contribution in [0.15, 0.2) is 47.4 Å². The first-order valence-corrected chi connectivity index (χ1v) is 11.1. The number of hydrogen-bond donors (Lipinski definition) is 2. The van der Waals surface area contributed by atoms with Crippen LogP contribution in [0.4, 0.5) is 8.78 Å². The van der Waals surface area contributed by atoms with Gasteiger partial charge in [0.15, 0.2) is 11.5 Å². The average Bonchev–Trinajstić information content (AvgIpc) is 2.75. The summed E-state index contributed by atoms with van der Waals surface area (Å²) in [6.45, 7) is 0.327. The number of alkyl halides is 2. The van der Waals surface area contributed by atoms with Gasteiger partial charge in [-0.2, -0.15) is 13.5 Å². The van der Waals surface area contributed by atoms with Gasteiger partial charge in [0.05, 0.1) is 19.1 Å². The Morgan fingerprint density at radius 2 is 1.66 bits per heavy atom. The summed E-state index contributed by atoms with van der Waals surface area (Å²) < 4.78 is 67.5. The molecule has 0 aliphatic heterocycles. The lowest BCUT2D eigenvalue weighted by Crippen LogP contribution is -2.49. The molecule has 0 bridgehead atoms. The number of hydrogen-bond acceptors (Lipinski definition) is 6. The van der Waals surface area contributed by atoms with Crippen LogP contribution in [-0.4, -0.2) is 41.2 Å². The van der Waals surface area contributed by atoms with Crippen molar-refractivity contribution in [3.63, 3.8) is 0 Å². The van der Waals surface area contributed by atoms with Crippen LogP contribution in [0.2, 0.25) is 0 Å². The fourth-order valence-corrected chi connectivity index (χ4v) is 4.14. The topological polar surface area (TPSA) is 103 Å². The number of sulfonamides is 1. The van der Waals surface area contributed by atoms with E-state index < -0.39 is 28.6 Å². The summed E-state index contributed by atoms with van der Waals surface area (Å²) in [5.41, 5.74) is 0.468. The van der Waals surface area contributed by atoms with Crippen LogP contribution in [0.1, 0.15) is 19.4 Å². The molecule has 32 heavy (non-hydrogen) atoms. The first kappa shape index (κ1) is 25.3. The van der Waals surface area contributed by atoms with E-state index in [1.54, 1.807) is 19.9 Å². The van der Waals surface area contributed by atoms with Gasteiger partial charge in [-0.1, -0.05) is 19.9 Å². The van der Waals surface area contributed by atoms with Crippen molar-refractivity contribution < 1.29 is 36.2 Å². The van der Waals surface area contributed by atoms with Gasteiger partial charge in [0.2, 0.25) is 15.9 Å². The molecule has 11 heteroatoms. The molecule has 1 atom stereocenters. The zero-order valence-corrected chi connectivity index (χ0v) is 18.9. The molecule has 8 nitrogen and oxygen atoms in total. The molecule has 0 fully saturated rings. The van der Waals surface area contributed by atoms with Crippen molar-refractivity contribution in [2.75, 3.05) is 14.2 Å². The van der Waals surface area contributed by atoms with E-state index in [1.165, 1.54) is 50.6 Å². The van der Waals surface area contributed by atoms with Crippen molar-refractivity contribution in [1.82, 2.24) is 10.0 Å². The van der Waals surface area contributed by atoms with E-state index in [0.29, 0.717) is 11.3 Å². The van der Waals surface area contributed by atoms with Gasteiger partial charge in [-0.25, -0.2) is 8.42 Å². The van der Waals surface area contributed by atoms with Crippen LogP contribution >= 0.6 is 0 Å². The van der Waals surface area contributed by atoms with Gasteiger partial charge in [-0.3, -0.25) is 4.79 Å². The monoisotopic (exact) mass is 472 g/mol. The maximum absolute atomic E-state index is 12.7. The molecule has 0 saturated heterocycles. The first-order chi connectivity index (χ1) is 15.1. The standard InChI is InChI=1S/C21H26F2N2O6S/c1-13(2)19(25-32(27,28)16-8-6-15(29-3)7-9-16)20(26)24-12-14-5-10-17(30-4)18(11-14)31-21(22)23/h5-11,13,19,21,25H,12H2,1-4H3,(H,24,26)/t19-/m0/s1. The summed E-state index contributed by atoms with van der Waals surface area (Å²) in [7, 11) is -1.19. The molecular weight excluding hydrogens is 446 g/mol. The quantitative estimate of drug-likeness (QED) is 0.521. The zero-order chi connectivity index (χ0) is 23.9. The number of carbonyl (C=O) groups excluding carboxylic acids is 1. The maximum atomic E-state index is 12.7. The number of carbonyl (C=O) groups is 1. The summed E-state index contributed by atoms with van der Waals surface area (Å²) >= 11 is 0. The molecule has 2 rings (SSSR count). The third-order valence-corrected chi connectivity index (χ3v) is 5.97. The highest BCUT2D eigenvalue weighted by atomic mass is 32.2. The Balaban J connectivity index is 2.11. The lowest BCUT2D eigenvalue weighted by atomic mass is 10.0. The van der Waals surface area contributed by atoms with Gasteiger partial charge in [0.1, 0.15) is 11.8 Å². The van der Waals surface area contributed by atoms with Gasteiger partial charge >= 0.3 is 6.61 Å². The molecule has 176 valence electrons. The molecule has 0 aliphatic rings. The molecule has 2 aromatic rings. The van der Waals surface area contributed by atoms with Crippen molar-refractivity contribution in [3.8, 4) is 17.2 Å². The largest absolute Gasteiger partial charge is 0.497 e. The molecule has 0 aliphatic carbocycles. The summed E-state index contributed by atoms with van der Waals surface area (Å²) in [4.78, 5) is 12.7. The van der Waals surface area contributed by atoms with Crippen molar-refractivity contribution in [1.29, 1.82) is 0 Å². The van der Waals surface area contributed by atoms with Crippen LogP contribution in [0, 0.1) is 5.92 Å². The second-order valence-corrected chi connectivity index (χ2v) is 8.81. The number of methoxy groups -OCH3 is 2. The van der Waals surface area contributed by atoms with E-state index in [2.05, 4.69) is 14.8 Å². The summed E-state index contributed by atoms with van der Waals surface area (Å²) in [5, 5.41) is 2.62. The van der Waals surface area contributed by atoms with Gasteiger partial charge in [-0.15, -0.1) is 0 Å². The van der Waals surface area contributed by atoms with Crippen LogP contribution in [-0.2, 0) is 21.4 Å². The lowest BCUT2D eigenvalue weighted by Gasteiger charge is -2.22. The Hall–Kier alpha value is -2.92. The highest BCUT2D eigenvalue weighted by molar-refractivity contribution is 7.89. The third-order valence-electron chi connectivity index (χ3n) is 4.51. The summed E-state index contributed by atoms with van der Waals surface area (Å²) in [6, 6.07) is 9.02. The van der Waals surface area contributed by atoms with Crippen LogP contribution in [0.3, 0.4) is 0 Å². The SMILES string of the molecule is COc1ccc(S(=O)(=O)N[C@H](C(=O)NCc2ccc(OC)c(OC(F)F)c2)C(C)C)cc1.